The molecule has 0 radical (unpaired) electrons. The second-order valence-corrected chi connectivity index (χ2v) is 12.1. The summed E-state index contributed by atoms with van der Waals surface area (Å²) in [5.41, 5.74) is 1.41. The van der Waals surface area contributed by atoms with Gasteiger partial charge in [-0.1, -0.05) is 27.7 Å². The van der Waals surface area contributed by atoms with E-state index in [0.717, 1.165) is 5.69 Å². The molecule has 2 aliphatic heterocycles. The van der Waals surface area contributed by atoms with E-state index < -0.39 is 24.2 Å². The first kappa shape index (κ1) is 31.1. The summed E-state index contributed by atoms with van der Waals surface area (Å²) in [7, 11) is 5.45. The molecule has 40 heavy (non-hydrogen) atoms. The fraction of sp³-hybridized carbons (Fsp3) is 0.633. The van der Waals surface area contributed by atoms with Gasteiger partial charge in [0.2, 0.25) is 17.7 Å². The van der Waals surface area contributed by atoms with Crippen LogP contribution in [0.4, 0.5) is 5.69 Å². The summed E-state index contributed by atoms with van der Waals surface area (Å²) in [6.45, 7) is 9.60. The first-order chi connectivity index (χ1) is 18.7. The summed E-state index contributed by atoms with van der Waals surface area (Å²) >= 11 is 0. The average molecular weight is 556 g/mol. The van der Waals surface area contributed by atoms with Crippen molar-refractivity contribution in [3.05, 3.63) is 29.8 Å². The Morgan fingerprint density at radius 2 is 1.52 bits per heavy atom. The monoisotopic (exact) mass is 555 g/mol. The Hall–Kier alpha value is -3.43. The lowest BCUT2D eigenvalue weighted by molar-refractivity contribution is -0.145. The molecule has 1 aromatic rings. The van der Waals surface area contributed by atoms with Crippen molar-refractivity contribution in [3.8, 4) is 0 Å². The Morgan fingerprint density at radius 1 is 0.925 bits per heavy atom. The van der Waals surface area contributed by atoms with Crippen LogP contribution in [-0.2, 0) is 19.2 Å². The number of amides is 4. The van der Waals surface area contributed by atoms with Crippen molar-refractivity contribution in [1.82, 2.24) is 20.0 Å². The molecule has 2 saturated heterocycles. The van der Waals surface area contributed by atoms with Crippen LogP contribution in [0.5, 0.6) is 0 Å². The maximum atomic E-state index is 13.8. The van der Waals surface area contributed by atoms with Crippen LogP contribution in [0.3, 0.4) is 0 Å². The smallest absolute Gasteiger partial charge is 0.251 e. The van der Waals surface area contributed by atoms with Crippen LogP contribution < -0.4 is 10.2 Å². The maximum Gasteiger partial charge on any atom is 0.251 e. The number of rotatable bonds is 10. The number of fused-ring (bicyclic) bond motifs is 1. The van der Waals surface area contributed by atoms with Crippen molar-refractivity contribution in [2.24, 2.45) is 11.8 Å². The van der Waals surface area contributed by atoms with Gasteiger partial charge in [0.25, 0.3) is 5.91 Å². The van der Waals surface area contributed by atoms with E-state index in [4.69, 9.17) is 0 Å². The van der Waals surface area contributed by atoms with Gasteiger partial charge in [-0.25, -0.2) is 0 Å². The number of hydrogen-bond acceptors (Lipinski definition) is 6. The lowest BCUT2D eigenvalue weighted by Gasteiger charge is -2.33. The highest BCUT2D eigenvalue weighted by atomic mass is 16.2. The number of nitrogens with zero attached hydrogens (tertiary/aromatic N) is 4. The standard InChI is InChI=1S/C30H45N5O5/c1-18(2)15-23(31-28(38)21-9-11-22(12-10-21)32(6)7)29(39)34-14-13-24-27(34)26(37)17-35(24)30(40)25(16-19(3)4)33(8)20(5)36/h9-12,18-19,23-25,27H,13-17H2,1-8H3,(H,31,38)/t23-,24?,25-,27-/m0/s1. The number of hydrogen-bond donors (Lipinski definition) is 1. The van der Waals surface area contributed by atoms with Gasteiger partial charge in [0.05, 0.1) is 12.6 Å². The Kier molecular flexibility index (Phi) is 9.97. The molecule has 3 rings (SSSR count). The highest BCUT2D eigenvalue weighted by Crippen LogP contribution is 2.32. The normalized spacial score (nSPS) is 20.0. The number of anilines is 1. The van der Waals surface area contributed by atoms with Gasteiger partial charge in [0.15, 0.2) is 5.78 Å². The van der Waals surface area contributed by atoms with Gasteiger partial charge in [-0.3, -0.25) is 24.0 Å². The van der Waals surface area contributed by atoms with E-state index in [2.05, 4.69) is 5.32 Å². The predicted octanol–water partition coefficient (Wildman–Crippen LogP) is 2.17. The Labute approximate surface area is 238 Å². The van der Waals surface area contributed by atoms with E-state index >= 15 is 0 Å². The Bertz CT molecular complexity index is 1120. The summed E-state index contributed by atoms with van der Waals surface area (Å²) in [4.78, 5) is 72.5. The molecule has 10 heteroatoms. The van der Waals surface area contributed by atoms with Gasteiger partial charge in [0, 0.05) is 45.9 Å². The van der Waals surface area contributed by atoms with Gasteiger partial charge in [-0.2, -0.15) is 0 Å². The molecule has 2 aliphatic rings. The number of nitrogens with one attached hydrogen (secondary N) is 1. The van der Waals surface area contributed by atoms with E-state index in [1.807, 2.05) is 58.8 Å². The number of carbonyl (C=O) groups is 5. The number of ketones is 1. The van der Waals surface area contributed by atoms with Gasteiger partial charge >= 0.3 is 0 Å². The fourth-order valence-corrected chi connectivity index (χ4v) is 5.69. The molecular weight excluding hydrogens is 510 g/mol. The molecule has 10 nitrogen and oxygen atoms in total. The number of likely N-dealkylation sites (N-methyl/N-ethyl adjacent to an activating group) is 1. The molecule has 0 spiro atoms. The molecule has 220 valence electrons. The quantitative estimate of drug-likeness (QED) is 0.474. The van der Waals surface area contributed by atoms with Crippen LogP contribution >= 0.6 is 0 Å². The van der Waals surface area contributed by atoms with Crippen molar-refractivity contribution in [3.63, 3.8) is 0 Å². The van der Waals surface area contributed by atoms with E-state index in [1.54, 1.807) is 29.0 Å². The highest BCUT2D eigenvalue weighted by molar-refractivity contribution is 6.01. The van der Waals surface area contributed by atoms with Gasteiger partial charge in [-0.15, -0.1) is 0 Å². The van der Waals surface area contributed by atoms with Crippen LogP contribution in [0.2, 0.25) is 0 Å². The zero-order valence-corrected chi connectivity index (χ0v) is 25.1. The summed E-state index contributed by atoms with van der Waals surface area (Å²) in [6.07, 6.45) is 1.38. The van der Waals surface area contributed by atoms with Crippen molar-refractivity contribution in [2.45, 2.75) is 78.0 Å². The second-order valence-electron chi connectivity index (χ2n) is 12.1. The molecule has 1 unspecified atom stereocenters. The molecule has 1 aromatic carbocycles. The third-order valence-electron chi connectivity index (χ3n) is 7.89. The zero-order valence-electron chi connectivity index (χ0n) is 25.1. The molecule has 0 bridgehead atoms. The van der Waals surface area contributed by atoms with Crippen molar-refractivity contribution >= 4 is 35.1 Å². The van der Waals surface area contributed by atoms with Crippen LogP contribution in [-0.4, -0.2) is 103 Å². The molecule has 2 fully saturated rings. The molecular formula is C30H45N5O5. The van der Waals surface area contributed by atoms with Crippen molar-refractivity contribution < 1.29 is 24.0 Å². The van der Waals surface area contributed by atoms with Crippen molar-refractivity contribution in [1.29, 1.82) is 0 Å². The number of benzene rings is 1. The highest BCUT2D eigenvalue weighted by Gasteiger charge is 2.53. The van der Waals surface area contributed by atoms with Gasteiger partial charge < -0.3 is 24.9 Å². The van der Waals surface area contributed by atoms with E-state index in [1.165, 1.54) is 11.8 Å². The molecule has 1 N–H and O–H groups in total. The molecule has 4 amide bonds. The maximum absolute atomic E-state index is 13.8. The third-order valence-corrected chi connectivity index (χ3v) is 7.89. The zero-order chi connectivity index (χ0) is 29.9. The topological polar surface area (TPSA) is 110 Å². The third kappa shape index (κ3) is 6.82. The molecule has 0 aliphatic carbocycles. The van der Waals surface area contributed by atoms with Crippen LogP contribution in [0.25, 0.3) is 0 Å². The van der Waals surface area contributed by atoms with Crippen LogP contribution in [0.1, 0.15) is 64.2 Å². The summed E-state index contributed by atoms with van der Waals surface area (Å²) in [5, 5.41) is 2.91. The lowest BCUT2D eigenvalue weighted by atomic mass is 10.00. The SMILES string of the molecule is CC(=O)N(C)[C@@H](CC(C)C)C(=O)N1CC(=O)[C@@H]2C1CCN2C(=O)[C@H](CC(C)C)NC(=O)c1ccc(N(C)C)cc1. The second kappa shape index (κ2) is 12.8. The van der Waals surface area contributed by atoms with E-state index in [0.29, 0.717) is 31.4 Å². The fourth-order valence-electron chi connectivity index (χ4n) is 5.69. The minimum absolute atomic E-state index is 0.0856. The summed E-state index contributed by atoms with van der Waals surface area (Å²) < 4.78 is 0. The lowest BCUT2D eigenvalue weighted by Crippen LogP contribution is -2.53. The van der Waals surface area contributed by atoms with Gasteiger partial charge in [-0.05, 0) is 55.4 Å². The van der Waals surface area contributed by atoms with Crippen LogP contribution in [0, 0.1) is 11.8 Å². The average Bonchev–Trinajstić information content (AvgIpc) is 3.46. The molecule has 2 heterocycles. The number of likely N-dealkylation sites (tertiary alicyclic amines) is 2. The van der Waals surface area contributed by atoms with Gasteiger partial charge in [0.1, 0.15) is 18.1 Å². The summed E-state index contributed by atoms with van der Waals surface area (Å²) in [5.74, 6) is -1.01. The first-order valence-electron chi connectivity index (χ1n) is 14.2. The first-order valence-corrected chi connectivity index (χ1v) is 14.2. The molecule has 4 atom stereocenters. The number of carbonyl (C=O) groups excluding carboxylic acids is 5. The largest absolute Gasteiger partial charge is 0.378 e. The Morgan fingerprint density at radius 3 is 2.05 bits per heavy atom. The minimum atomic E-state index is -0.796. The van der Waals surface area contributed by atoms with E-state index in [9.17, 15) is 24.0 Å². The van der Waals surface area contributed by atoms with Crippen LogP contribution in [0.15, 0.2) is 24.3 Å². The minimum Gasteiger partial charge on any atom is -0.378 e. The molecule has 0 saturated carbocycles. The van der Waals surface area contributed by atoms with E-state index in [-0.39, 0.29) is 47.8 Å². The van der Waals surface area contributed by atoms with Crippen molar-refractivity contribution in [2.75, 3.05) is 39.1 Å². The number of Topliss-reactive ketones (excluding diaryl/α,β-unsaturated/α-hetero) is 1. The Balaban J connectivity index is 1.79. The molecule has 0 aromatic heterocycles. The summed E-state index contributed by atoms with van der Waals surface area (Å²) in [6, 6.07) is 4.50. The predicted molar refractivity (Wildman–Crippen MR) is 154 cm³/mol.